The number of carboxylic acid groups (broad SMARTS) is 1. The van der Waals surface area contributed by atoms with Crippen LogP contribution in [-0.2, 0) is 9.53 Å². The van der Waals surface area contributed by atoms with E-state index in [1.54, 1.807) is 6.20 Å². The molecule has 1 aliphatic carbocycles. The monoisotopic (exact) mass is 501 g/mol. The molecule has 6 rings (SSSR count). The quantitative estimate of drug-likeness (QED) is 0.528. The number of anilines is 2. The number of rotatable bonds is 6. The van der Waals surface area contributed by atoms with Crippen molar-refractivity contribution in [3.05, 3.63) is 35.9 Å². The Balaban J connectivity index is 1.26. The van der Waals surface area contributed by atoms with Gasteiger partial charge in [0, 0.05) is 18.9 Å². The lowest BCUT2D eigenvalue weighted by Crippen LogP contribution is -2.37. The molecule has 190 valence electrons. The number of hydrogen-bond acceptors (Lipinski definition) is 7. The Morgan fingerprint density at radius 3 is 2.81 bits per heavy atom. The van der Waals surface area contributed by atoms with Crippen LogP contribution in [0.4, 0.5) is 20.3 Å². The maximum atomic E-state index is 13.8. The number of hydrogen-bond donors (Lipinski definition) is 2. The molecule has 3 aliphatic rings. The molecule has 36 heavy (non-hydrogen) atoms. The lowest BCUT2D eigenvalue weighted by molar-refractivity contribution is -0.143. The number of ether oxygens (including phenoxy) is 1. The van der Waals surface area contributed by atoms with Crippen molar-refractivity contribution in [1.82, 2.24) is 24.4 Å². The molecule has 3 aromatic heterocycles. The number of morpholine rings is 1. The summed E-state index contributed by atoms with van der Waals surface area (Å²) in [6.45, 7) is 1.36. The van der Waals surface area contributed by atoms with Crippen LogP contribution in [0.25, 0.3) is 5.65 Å². The molecule has 0 radical (unpaired) electrons. The van der Waals surface area contributed by atoms with Crippen LogP contribution in [0.3, 0.4) is 0 Å². The zero-order valence-electron chi connectivity index (χ0n) is 19.3. The third-order valence-electron chi connectivity index (χ3n) is 7.38. The molecule has 13 heteroatoms. The van der Waals surface area contributed by atoms with Crippen molar-refractivity contribution in [2.75, 3.05) is 23.4 Å². The zero-order chi connectivity index (χ0) is 25.0. The van der Waals surface area contributed by atoms with E-state index in [0.29, 0.717) is 43.8 Å². The van der Waals surface area contributed by atoms with Gasteiger partial charge >= 0.3 is 5.97 Å². The third-order valence-corrected chi connectivity index (χ3v) is 7.38. The van der Waals surface area contributed by atoms with Crippen molar-refractivity contribution < 1.29 is 28.2 Å². The Morgan fingerprint density at radius 2 is 2.08 bits per heavy atom. The van der Waals surface area contributed by atoms with Crippen LogP contribution in [0.15, 0.2) is 24.7 Å². The largest absolute Gasteiger partial charge is 0.481 e. The van der Waals surface area contributed by atoms with Crippen LogP contribution in [0.1, 0.15) is 60.6 Å². The first-order chi connectivity index (χ1) is 17.4. The zero-order valence-corrected chi connectivity index (χ0v) is 19.3. The summed E-state index contributed by atoms with van der Waals surface area (Å²) in [5.41, 5.74) is -0.207. The number of carboxylic acids is 1. The predicted octanol–water partition coefficient (Wildman–Crippen LogP) is 2.91. The fraction of sp³-hybridized carbons (Fsp3) is 0.522. The Kier molecular flexibility index (Phi) is 5.58. The summed E-state index contributed by atoms with van der Waals surface area (Å²) in [7, 11) is 0. The Morgan fingerprint density at radius 1 is 1.22 bits per heavy atom. The van der Waals surface area contributed by atoms with Gasteiger partial charge in [-0.3, -0.25) is 14.3 Å². The van der Waals surface area contributed by atoms with Crippen LogP contribution >= 0.6 is 0 Å². The highest BCUT2D eigenvalue weighted by atomic mass is 19.3. The minimum atomic E-state index is -2.91. The second-order valence-corrected chi connectivity index (χ2v) is 9.63. The van der Waals surface area contributed by atoms with Crippen molar-refractivity contribution in [2.45, 2.75) is 56.7 Å². The van der Waals surface area contributed by atoms with Gasteiger partial charge in [0.25, 0.3) is 12.3 Å². The van der Waals surface area contributed by atoms with Crippen molar-refractivity contribution in [1.29, 1.82) is 0 Å². The van der Waals surface area contributed by atoms with Crippen molar-refractivity contribution >= 4 is 29.0 Å². The van der Waals surface area contributed by atoms with Gasteiger partial charge in [-0.1, -0.05) is 6.42 Å². The average Bonchev–Trinajstić information content (AvgIpc) is 3.66. The number of fused-ring (bicyclic) bond motifs is 3. The Labute approximate surface area is 204 Å². The Hall–Kier alpha value is -3.61. The van der Waals surface area contributed by atoms with Crippen LogP contribution in [0.5, 0.6) is 0 Å². The normalized spacial score (nSPS) is 25.7. The summed E-state index contributed by atoms with van der Waals surface area (Å²) in [5.74, 6) is -1.37. The summed E-state index contributed by atoms with van der Waals surface area (Å²) in [6, 6.07) is 1.74. The third kappa shape index (κ3) is 3.96. The smallest absolute Gasteiger partial charge is 0.306 e. The van der Waals surface area contributed by atoms with Gasteiger partial charge in [0.1, 0.15) is 11.4 Å². The number of nitrogens with zero attached hydrogens (tertiary/aromatic N) is 6. The highest BCUT2D eigenvalue weighted by Gasteiger charge is 2.39. The molecule has 1 saturated carbocycles. The molecular weight excluding hydrogens is 476 g/mol. The molecule has 2 bridgehead atoms. The van der Waals surface area contributed by atoms with Crippen molar-refractivity contribution in [2.24, 2.45) is 5.92 Å². The molecule has 2 saturated heterocycles. The summed E-state index contributed by atoms with van der Waals surface area (Å²) >= 11 is 0. The number of aromatic nitrogens is 5. The fourth-order valence-corrected chi connectivity index (χ4v) is 5.53. The first kappa shape index (κ1) is 22.8. The lowest BCUT2D eigenvalue weighted by Gasteiger charge is -2.27. The van der Waals surface area contributed by atoms with Crippen molar-refractivity contribution in [3.63, 3.8) is 0 Å². The summed E-state index contributed by atoms with van der Waals surface area (Å²) < 4.78 is 36.1. The number of amides is 1. The van der Waals surface area contributed by atoms with Gasteiger partial charge < -0.3 is 20.1 Å². The molecule has 0 aromatic carbocycles. The molecule has 4 atom stereocenters. The molecule has 2 aliphatic heterocycles. The van der Waals surface area contributed by atoms with E-state index in [9.17, 15) is 23.5 Å². The van der Waals surface area contributed by atoms with Crippen molar-refractivity contribution in [3.8, 4) is 0 Å². The van der Waals surface area contributed by atoms with E-state index in [1.807, 2.05) is 6.07 Å². The van der Waals surface area contributed by atoms with Gasteiger partial charge in [0.2, 0.25) is 0 Å². The van der Waals surface area contributed by atoms with Gasteiger partial charge in [-0.05, 0) is 31.7 Å². The maximum absolute atomic E-state index is 13.8. The van der Waals surface area contributed by atoms with E-state index in [-0.39, 0.29) is 29.4 Å². The van der Waals surface area contributed by atoms with Gasteiger partial charge in [-0.25, -0.2) is 18.3 Å². The van der Waals surface area contributed by atoms with E-state index >= 15 is 0 Å². The highest BCUT2D eigenvalue weighted by Crippen LogP contribution is 2.36. The minimum absolute atomic E-state index is 0.114. The molecule has 5 heterocycles. The molecular formula is C23H25F2N7O4. The topological polar surface area (TPSA) is 127 Å². The van der Waals surface area contributed by atoms with E-state index in [4.69, 9.17) is 4.74 Å². The van der Waals surface area contributed by atoms with E-state index < -0.39 is 29.9 Å². The van der Waals surface area contributed by atoms with E-state index in [0.717, 1.165) is 13.0 Å². The SMILES string of the molecule is O=C(Nc1cn(C2CCCC(C(=O)O)C2)nc1C(F)F)c1cnn2ccc(N3C[C@H]4C[C@@H]3CO4)nc12. The second kappa shape index (κ2) is 8.80. The first-order valence-electron chi connectivity index (χ1n) is 12.0. The van der Waals surface area contributed by atoms with Crippen LogP contribution < -0.4 is 10.2 Å². The van der Waals surface area contributed by atoms with Gasteiger partial charge in [0.15, 0.2) is 11.3 Å². The first-order valence-corrected chi connectivity index (χ1v) is 12.0. The molecule has 11 nitrogen and oxygen atoms in total. The number of carbonyl (C=O) groups excluding carboxylic acids is 1. The molecule has 1 amide bonds. The molecule has 0 spiro atoms. The van der Waals surface area contributed by atoms with E-state index in [2.05, 4.69) is 25.4 Å². The predicted molar refractivity (Wildman–Crippen MR) is 122 cm³/mol. The standard InChI is InChI=1S/C23H25F2N7O4/c24-20(25)19-17(10-32(29-19)13-3-1-2-12(6-13)23(34)35)27-22(33)16-8-26-31-5-4-18(28-21(16)31)30-9-15-7-14(30)11-36-15/h4-5,8,10,12-15,20H,1-3,6-7,9,11H2,(H,27,33)(H,34,35)/t12?,13?,14-,15-/m1/s1. The summed E-state index contributed by atoms with van der Waals surface area (Å²) in [5, 5.41) is 20.1. The maximum Gasteiger partial charge on any atom is 0.306 e. The van der Waals surface area contributed by atoms with Gasteiger partial charge in [0.05, 0.1) is 42.6 Å². The lowest BCUT2D eigenvalue weighted by atomic mass is 9.86. The molecule has 2 N–H and O–H groups in total. The van der Waals surface area contributed by atoms with Crippen LogP contribution in [0, 0.1) is 5.92 Å². The molecule has 2 unspecified atom stereocenters. The highest BCUT2D eigenvalue weighted by molar-refractivity contribution is 6.08. The fourth-order valence-electron chi connectivity index (χ4n) is 5.53. The molecule has 3 aromatic rings. The Bertz CT molecular complexity index is 1330. The second-order valence-electron chi connectivity index (χ2n) is 9.63. The summed E-state index contributed by atoms with van der Waals surface area (Å²) in [4.78, 5) is 31.4. The number of alkyl halides is 2. The minimum Gasteiger partial charge on any atom is -0.481 e. The van der Waals surface area contributed by atoms with Crippen LogP contribution in [-0.4, -0.2) is 66.7 Å². The number of halogens is 2. The van der Waals surface area contributed by atoms with E-state index in [1.165, 1.54) is 21.6 Å². The number of aliphatic carboxylic acids is 1. The number of carbonyl (C=O) groups is 2. The van der Waals surface area contributed by atoms with Gasteiger partial charge in [-0.15, -0.1) is 0 Å². The average molecular weight is 501 g/mol. The van der Waals surface area contributed by atoms with Crippen LogP contribution in [0.2, 0.25) is 0 Å². The summed E-state index contributed by atoms with van der Waals surface area (Å²) in [6.07, 6.45) is 4.78. The number of nitrogens with one attached hydrogen (secondary N) is 1. The molecule has 3 fully saturated rings. The van der Waals surface area contributed by atoms with Gasteiger partial charge in [-0.2, -0.15) is 10.2 Å².